The normalized spacial score (nSPS) is 10.5. The largest absolute Gasteiger partial charge is 0.496 e. The number of nitrogens with zero attached hydrogens (tertiary/aromatic N) is 2. The molecule has 0 N–H and O–H groups in total. The van der Waals surface area contributed by atoms with Crippen LogP contribution in [0.3, 0.4) is 0 Å². The van der Waals surface area contributed by atoms with Crippen LogP contribution in [0, 0.1) is 6.92 Å². The van der Waals surface area contributed by atoms with Crippen LogP contribution >= 0.6 is 0 Å². The van der Waals surface area contributed by atoms with Crippen molar-refractivity contribution < 1.29 is 14.3 Å². The van der Waals surface area contributed by atoms with Crippen molar-refractivity contribution in [3.05, 3.63) is 65.5 Å². The molecule has 0 spiro atoms. The van der Waals surface area contributed by atoms with Gasteiger partial charge in [-0.1, -0.05) is 11.6 Å². The third kappa shape index (κ3) is 3.29. The van der Waals surface area contributed by atoms with E-state index in [1.807, 2.05) is 25.1 Å². The molecule has 0 saturated carbocycles. The second kappa shape index (κ2) is 6.44. The molecule has 0 bridgehead atoms. The van der Waals surface area contributed by atoms with Gasteiger partial charge in [-0.05, 0) is 37.3 Å². The highest BCUT2D eigenvalue weighted by Gasteiger charge is 2.11. The van der Waals surface area contributed by atoms with Crippen molar-refractivity contribution in [2.24, 2.45) is 0 Å². The van der Waals surface area contributed by atoms with Crippen molar-refractivity contribution in [3.63, 3.8) is 0 Å². The number of benzene rings is 2. The number of hydrogen-bond donors (Lipinski definition) is 0. The zero-order valence-corrected chi connectivity index (χ0v) is 12.9. The summed E-state index contributed by atoms with van der Waals surface area (Å²) in [6.45, 7) is 2.13. The van der Waals surface area contributed by atoms with Gasteiger partial charge in [0.1, 0.15) is 12.4 Å². The van der Waals surface area contributed by atoms with Crippen molar-refractivity contribution in [2.45, 2.75) is 13.5 Å². The molecule has 0 atom stereocenters. The molecule has 0 unspecified atom stereocenters. The second-order valence-corrected chi connectivity index (χ2v) is 5.15. The molecule has 0 aliphatic rings. The van der Waals surface area contributed by atoms with E-state index >= 15 is 0 Å². The summed E-state index contributed by atoms with van der Waals surface area (Å²) in [7, 11) is 1.60. The standard InChI is InChI=1S/C18H16N2O3/c1-12-3-6-17(22-2)14(9-12)11-23-18(21)13-4-5-15-16(10-13)20-8-7-19-15/h3-10H,11H2,1-2H3. The fourth-order valence-electron chi connectivity index (χ4n) is 2.34. The summed E-state index contributed by atoms with van der Waals surface area (Å²) in [5, 5.41) is 0. The number of esters is 1. The molecule has 0 saturated heterocycles. The molecule has 0 aliphatic carbocycles. The van der Waals surface area contributed by atoms with Crippen LogP contribution in [0.4, 0.5) is 0 Å². The predicted molar refractivity (Wildman–Crippen MR) is 86.4 cm³/mol. The first-order valence-electron chi connectivity index (χ1n) is 7.19. The Morgan fingerprint density at radius 1 is 1.04 bits per heavy atom. The Hall–Kier alpha value is -2.95. The first-order valence-corrected chi connectivity index (χ1v) is 7.19. The van der Waals surface area contributed by atoms with E-state index in [0.29, 0.717) is 16.8 Å². The summed E-state index contributed by atoms with van der Waals surface area (Å²) in [5.74, 6) is 0.300. The number of methoxy groups -OCH3 is 1. The first kappa shape index (κ1) is 15.0. The van der Waals surface area contributed by atoms with Crippen molar-refractivity contribution >= 4 is 17.0 Å². The summed E-state index contributed by atoms with van der Waals surface area (Å²) >= 11 is 0. The van der Waals surface area contributed by atoms with Gasteiger partial charge in [-0.15, -0.1) is 0 Å². The molecule has 2 aromatic carbocycles. The van der Waals surface area contributed by atoms with Gasteiger partial charge in [0.25, 0.3) is 0 Å². The van der Waals surface area contributed by atoms with Gasteiger partial charge in [0.15, 0.2) is 0 Å². The highest BCUT2D eigenvalue weighted by atomic mass is 16.5. The Balaban J connectivity index is 1.77. The molecule has 1 heterocycles. The Morgan fingerprint density at radius 2 is 1.83 bits per heavy atom. The highest BCUT2D eigenvalue weighted by Crippen LogP contribution is 2.21. The van der Waals surface area contributed by atoms with Crippen LogP contribution in [0.1, 0.15) is 21.5 Å². The number of carbonyl (C=O) groups excluding carboxylic acids is 1. The Morgan fingerprint density at radius 3 is 2.61 bits per heavy atom. The van der Waals surface area contributed by atoms with Crippen LogP contribution in [0.15, 0.2) is 48.8 Å². The SMILES string of the molecule is COc1ccc(C)cc1COC(=O)c1ccc2nccnc2c1. The van der Waals surface area contributed by atoms with Crippen LogP contribution < -0.4 is 4.74 Å². The molecular weight excluding hydrogens is 292 g/mol. The molecule has 0 radical (unpaired) electrons. The summed E-state index contributed by atoms with van der Waals surface area (Å²) in [4.78, 5) is 20.6. The van der Waals surface area contributed by atoms with Gasteiger partial charge in [0.2, 0.25) is 0 Å². The van der Waals surface area contributed by atoms with E-state index in [4.69, 9.17) is 9.47 Å². The maximum atomic E-state index is 12.2. The average molecular weight is 308 g/mol. The summed E-state index contributed by atoms with van der Waals surface area (Å²) in [6.07, 6.45) is 3.21. The van der Waals surface area contributed by atoms with E-state index in [0.717, 1.165) is 16.6 Å². The minimum atomic E-state index is -0.402. The molecule has 116 valence electrons. The Kier molecular flexibility index (Phi) is 4.19. The maximum absolute atomic E-state index is 12.2. The van der Waals surface area contributed by atoms with E-state index in [1.165, 1.54) is 0 Å². The fraction of sp³-hybridized carbons (Fsp3) is 0.167. The van der Waals surface area contributed by atoms with Gasteiger partial charge in [-0.3, -0.25) is 9.97 Å². The number of aryl methyl sites for hydroxylation is 1. The van der Waals surface area contributed by atoms with Gasteiger partial charge in [-0.2, -0.15) is 0 Å². The minimum Gasteiger partial charge on any atom is -0.496 e. The number of fused-ring (bicyclic) bond motifs is 1. The van der Waals surface area contributed by atoms with E-state index < -0.39 is 5.97 Å². The van der Waals surface area contributed by atoms with Crippen LogP contribution in [0.5, 0.6) is 5.75 Å². The third-order valence-corrected chi connectivity index (χ3v) is 3.50. The summed E-state index contributed by atoms with van der Waals surface area (Å²) < 4.78 is 10.7. The predicted octanol–water partition coefficient (Wildman–Crippen LogP) is 3.30. The summed E-state index contributed by atoms with van der Waals surface area (Å²) in [6, 6.07) is 10.9. The maximum Gasteiger partial charge on any atom is 0.338 e. The second-order valence-electron chi connectivity index (χ2n) is 5.15. The number of ether oxygens (including phenoxy) is 2. The number of aromatic nitrogens is 2. The lowest BCUT2D eigenvalue weighted by Crippen LogP contribution is -2.06. The van der Waals surface area contributed by atoms with Gasteiger partial charge in [-0.25, -0.2) is 4.79 Å². The highest BCUT2D eigenvalue weighted by molar-refractivity contribution is 5.93. The molecule has 5 nitrogen and oxygen atoms in total. The van der Waals surface area contributed by atoms with E-state index in [9.17, 15) is 4.79 Å². The van der Waals surface area contributed by atoms with E-state index in [2.05, 4.69) is 9.97 Å². The molecule has 3 aromatic rings. The molecule has 23 heavy (non-hydrogen) atoms. The van der Waals surface area contributed by atoms with Crippen molar-refractivity contribution in [3.8, 4) is 5.75 Å². The Bertz CT molecular complexity index is 862. The van der Waals surface area contributed by atoms with Crippen molar-refractivity contribution in [2.75, 3.05) is 7.11 Å². The van der Waals surface area contributed by atoms with Crippen LogP contribution in [-0.4, -0.2) is 23.0 Å². The van der Waals surface area contributed by atoms with Crippen molar-refractivity contribution in [1.82, 2.24) is 9.97 Å². The van der Waals surface area contributed by atoms with Gasteiger partial charge < -0.3 is 9.47 Å². The topological polar surface area (TPSA) is 61.3 Å². The van der Waals surface area contributed by atoms with Crippen LogP contribution in [-0.2, 0) is 11.3 Å². The van der Waals surface area contributed by atoms with Crippen LogP contribution in [0.2, 0.25) is 0 Å². The molecule has 3 rings (SSSR count). The number of hydrogen-bond acceptors (Lipinski definition) is 5. The summed E-state index contributed by atoms with van der Waals surface area (Å²) in [5.41, 5.74) is 3.77. The lowest BCUT2D eigenvalue weighted by Gasteiger charge is -2.10. The number of carbonyl (C=O) groups is 1. The molecular formula is C18H16N2O3. The van der Waals surface area contributed by atoms with E-state index in [-0.39, 0.29) is 6.61 Å². The fourth-order valence-corrected chi connectivity index (χ4v) is 2.34. The van der Waals surface area contributed by atoms with Gasteiger partial charge >= 0.3 is 5.97 Å². The third-order valence-electron chi connectivity index (χ3n) is 3.50. The molecule has 0 fully saturated rings. The molecule has 1 aromatic heterocycles. The zero-order chi connectivity index (χ0) is 16.2. The minimum absolute atomic E-state index is 0.155. The molecule has 5 heteroatoms. The Labute approximate surface area is 133 Å². The number of rotatable bonds is 4. The molecule has 0 amide bonds. The van der Waals surface area contributed by atoms with Crippen LogP contribution in [0.25, 0.3) is 11.0 Å². The average Bonchev–Trinajstić information content (AvgIpc) is 2.59. The smallest absolute Gasteiger partial charge is 0.338 e. The molecule has 0 aliphatic heterocycles. The zero-order valence-electron chi connectivity index (χ0n) is 12.9. The van der Waals surface area contributed by atoms with Gasteiger partial charge in [0.05, 0.1) is 23.7 Å². The quantitative estimate of drug-likeness (QED) is 0.692. The monoisotopic (exact) mass is 308 g/mol. The van der Waals surface area contributed by atoms with Crippen molar-refractivity contribution in [1.29, 1.82) is 0 Å². The lowest BCUT2D eigenvalue weighted by molar-refractivity contribution is 0.0470. The van der Waals surface area contributed by atoms with E-state index in [1.54, 1.807) is 37.7 Å². The van der Waals surface area contributed by atoms with Gasteiger partial charge in [0, 0.05) is 18.0 Å². The lowest BCUT2D eigenvalue weighted by atomic mass is 10.1. The first-order chi connectivity index (χ1) is 11.2.